The van der Waals surface area contributed by atoms with E-state index in [2.05, 4.69) is 59.3 Å². The van der Waals surface area contributed by atoms with Crippen molar-refractivity contribution in [3.63, 3.8) is 0 Å². The molecule has 0 atom stereocenters. The van der Waals surface area contributed by atoms with E-state index in [-0.39, 0.29) is 5.91 Å². The van der Waals surface area contributed by atoms with Gasteiger partial charge in [-0.1, -0.05) is 85.8 Å². The molecule has 1 N–H and O–H groups in total. The Kier molecular flexibility index (Phi) is 8.69. The molecule has 0 aliphatic rings. The van der Waals surface area contributed by atoms with Crippen LogP contribution >= 0.6 is 0 Å². The molecule has 0 saturated heterocycles. The largest absolute Gasteiger partial charge is 0.494 e. The second-order valence-electron chi connectivity index (χ2n) is 9.74. The standard InChI is InChI=1S/C34H35N3O2/c1-2-26-16-20-30(21-17-26)39-23-9-8-22-37-32-13-7-6-12-31(32)36-33(37)25-35-34(38)24-27-14-18-29(19-15-27)28-10-4-3-5-11-28/h3-7,10-21H,2,8-9,22-25H2,1H3,(H,35,38). The maximum atomic E-state index is 12.8. The van der Waals surface area contributed by atoms with Gasteiger partial charge in [-0.3, -0.25) is 4.79 Å². The molecule has 5 rings (SSSR count). The van der Waals surface area contributed by atoms with Crippen LogP contribution < -0.4 is 10.1 Å². The fraction of sp³-hybridized carbons (Fsp3) is 0.235. The maximum Gasteiger partial charge on any atom is 0.224 e. The summed E-state index contributed by atoms with van der Waals surface area (Å²) in [4.78, 5) is 17.6. The molecule has 5 aromatic rings. The van der Waals surface area contributed by atoms with Gasteiger partial charge < -0.3 is 14.6 Å². The summed E-state index contributed by atoms with van der Waals surface area (Å²) >= 11 is 0. The van der Waals surface area contributed by atoms with Gasteiger partial charge in [-0.05, 0) is 65.8 Å². The molecule has 5 heteroatoms. The number of carbonyl (C=O) groups excluding carboxylic acids is 1. The van der Waals surface area contributed by atoms with Crippen molar-refractivity contribution >= 4 is 16.9 Å². The fourth-order valence-corrected chi connectivity index (χ4v) is 4.76. The zero-order valence-electron chi connectivity index (χ0n) is 22.5. The minimum atomic E-state index is -0.0106. The fourth-order valence-electron chi connectivity index (χ4n) is 4.76. The van der Waals surface area contributed by atoms with Crippen LogP contribution in [0.15, 0.2) is 103 Å². The number of imidazole rings is 1. The number of nitrogens with one attached hydrogen (secondary N) is 1. The van der Waals surface area contributed by atoms with Gasteiger partial charge in [-0.25, -0.2) is 4.98 Å². The first-order valence-electron chi connectivity index (χ1n) is 13.8. The van der Waals surface area contributed by atoms with Crippen molar-refractivity contribution in [3.05, 3.63) is 120 Å². The highest BCUT2D eigenvalue weighted by atomic mass is 16.5. The van der Waals surface area contributed by atoms with Crippen molar-refractivity contribution < 1.29 is 9.53 Å². The van der Waals surface area contributed by atoms with Gasteiger partial charge >= 0.3 is 0 Å². The van der Waals surface area contributed by atoms with Crippen LogP contribution in [0.3, 0.4) is 0 Å². The van der Waals surface area contributed by atoms with E-state index in [1.165, 1.54) is 11.1 Å². The lowest BCUT2D eigenvalue weighted by atomic mass is 10.0. The molecule has 1 heterocycles. The average molecular weight is 518 g/mol. The molecule has 0 aliphatic heterocycles. The first-order valence-corrected chi connectivity index (χ1v) is 13.8. The van der Waals surface area contributed by atoms with E-state index in [0.29, 0.717) is 19.6 Å². The molecule has 4 aromatic carbocycles. The Bertz CT molecular complexity index is 1490. The molecule has 198 valence electrons. The lowest BCUT2D eigenvalue weighted by Gasteiger charge is -2.11. The smallest absolute Gasteiger partial charge is 0.224 e. The molecule has 39 heavy (non-hydrogen) atoms. The van der Waals surface area contributed by atoms with Gasteiger partial charge in [0.15, 0.2) is 0 Å². The summed E-state index contributed by atoms with van der Waals surface area (Å²) in [5.41, 5.74) is 6.66. The lowest BCUT2D eigenvalue weighted by Crippen LogP contribution is -2.26. The number of unbranched alkanes of at least 4 members (excludes halogenated alkanes) is 1. The van der Waals surface area contributed by atoms with Gasteiger partial charge in [0.05, 0.1) is 30.6 Å². The highest BCUT2D eigenvalue weighted by molar-refractivity contribution is 5.79. The lowest BCUT2D eigenvalue weighted by molar-refractivity contribution is -0.120. The van der Waals surface area contributed by atoms with Crippen molar-refractivity contribution in [2.24, 2.45) is 0 Å². The predicted octanol–water partition coefficient (Wildman–Crippen LogP) is 6.98. The third-order valence-electron chi connectivity index (χ3n) is 6.98. The zero-order chi connectivity index (χ0) is 26.9. The Morgan fingerprint density at radius 2 is 1.49 bits per heavy atom. The molecule has 0 fully saturated rings. The Morgan fingerprint density at radius 3 is 2.26 bits per heavy atom. The summed E-state index contributed by atoms with van der Waals surface area (Å²) in [7, 11) is 0. The number of nitrogens with zero attached hydrogens (tertiary/aromatic N) is 2. The van der Waals surface area contributed by atoms with E-state index >= 15 is 0 Å². The quantitative estimate of drug-likeness (QED) is 0.182. The predicted molar refractivity (Wildman–Crippen MR) is 158 cm³/mol. The Labute approximate surface area is 230 Å². The third kappa shape index (κ3) is 6.94. The topological polar surface area (TPSA) is 56.1 Å². The minimum absolute atomic E-state index is 0.0106. The van der Waals surface area contributed by atoms with E-state index in [1.54, 1.807) is 0 Å². The Balaban J connectivity index is 1.15. The molecule has 0 radical (unpaired) electrons. The Morgan fingerprint density at radius 1 is 0.795 bits per heavy atom. The number of hydrogen-bond donors (Lipinski definition) is 1. The van der Waals surface area contributed by atoms with E-state index in [9.17, 15) is 4.79 Å². The maximum absolute atomic E-state index is 12.8. The molecule has 0 aliphatic carbocycles. The van der Waals surface area contributed by atoms with E-state index in [4.69, 9.17) is 9.72 Å². The Hall–Kier alpha value is -4.38. The van der Waals surface area contributed by atoms with Crippen molar-refractivity contribution in [3.8, 4) is 16.9 Å². The number of fused-ring (bicyclic) bond motifs is 1. The summed E-state index contributed by atoms with van der Waals surface area (Å²) in [5, 5.41) is 3.08. The highest BCUT2D eigenvalue weighted by Crippen LogP contribution is 2.20. The van der Waals surface area contributed by atoms with Gasteiger partial charge in [0.1, 0.15) is 11.6 Å². The third-order valence-corrected chi connectivity index (χ3v) is 6.98. The number of hydrogen-bond acceptors (Lipinski definition) is 3. The zero-order valence-corrected chi connectivity index (χ0v) is 22.5. The van der Waals surface area contributed by atoms with E-state index in [1.807, 2.05) is 60.7 Å². The van der Waals surface area contributed by atoms with Crippen LogP contribution in [-0.2, 0) is 30.7 Å². The summed E-state index contributed by atoms with van der Waals surface area (Å²) in [5.74, 6) is 1.78. The SMILES string of the molecule is CCc1ccc(OCCCCn2c(CNC(=O)Cc3ccc(-c4ccccc4)cc3)nc3ccccc32)cc1. The van der Waals surface area contributed by atoms with Crippen molar-refractivity contribution in [2.45, 2.75) is 45.7 Å². The summed E-state index contributed by atoms with van der Waals surface area (Å²) in [6, 6.07) is 34.9. The van der Waals surface area contributed by atoms with Crippen molar-refractivity contribution in [2.75, 3.05) is 6.61 Å². The average Bonchev–Trinajstić information content (AvgIpc) is 3.34. The number of benzene rings is 4. The van der Waals surface area contributed by atoms with Crippen molar-refractivity contribution in [1.29, 1.82) is 0 Å². The van der Waals surface area contributed by atoms with Crippen LogP contribution in [0.5, 0.6) is 5.75 Å². The van der Waals surface area contributed by atoms with Crippen LogP contribution in [0.1, 0.15) is 36.7 Å². The van der Waals surface area contributed by atoms with Gasteiger partial charge in [-0.2, -0.15) is 0 Å². The molecule has 0 saturated carbocycles. The van der Waals surface area contributed by atoms with Crippen LogP contribution in [-0.4, -0.2) is 22.1 Å². The first kappa shape index (κ1) is 26.2. The summed E-state index contributed by atoms with van der Waals surface area (Å²) < 4.78 is 8.15. The molecular formula is C34H35N3O2. The summed E-state index contributed by atoms with van der Waals surface area (Å²) in [6.45, 7) is 4.05. The number of aromatic nitrogens is 2. The van der Waals surface area contributed by atoms with Gasteiger partial charge in [0.2, 0.25) is 5.91 Å². The number of carbonyl (C=O) groups is 1. The molecule has 0 spiro atoms. The van der Waals surface area contributed by atoms with E-state index in [0.717, 1.165) is 59.5 Å². The minimum Gasteiger partial charge on any atom is -0.494 e. The number of para-hydroxylation sites is 2. The normalized spacial score (nSPS) is 11.0. The molecular weight excluding hydrogens is 482 g/mol. The molecule has 0 bridgehead atoms. The number of rotatable bonds is 12. The van der Waals surface area contributed by atoms with Crippen LogP contribution in [0.2, 0.25) is 0 Å². The highest BCUT2D eigenvalue weighted by Gasteiger charge is 2.12. The first-order chi connectivity index (χ1) is 19.2. The molecule has 0 unspecified atom stereocenters. The van der Waals surface area contributed by atoms with Gasteiger partial charge in [0.25, 0.3) is 0 Å². The molecule has 1 aromatic heterocycles. The van der Waals surface area contributed by atoms with Crippen LogP contribution in [0.25, 0.3) is 22.2 Å². The second kappa shape index (κ2) is 12.9. The monoisotopic (exact) mass is 517 g/mol. The van der Waals surface area contributed by atoms with Gasteiger partial charge in [0, 0.05) is 6.54 Å². The summed E-state index contributed by atoms with van der Waals surface area (Å²) in [6.07, 6.45) is 3.27. The number of aryl methyl sites for hydroxylation is 2. The van der Waals surface area contributed by atoms with Crippen LogP contribution in [0.4, 0.5) is 0 Å². The van der Waals surface area contributed by atoms with Crippen LogP contribution in [0, 0.1) is 0 Å². The number of ether oxygens (including phenoxy) is 1. The van der Waals surface area contributed by atoms with Crippen molar-refractivity contribution in [1.82, 2.24) is 14.9 Å². The molecule has 1 amide bonds. The number of amides is 1. The second-order valence-corrected chi connectivity index (χ2v) is 9.74. The van der Waals surface area contributed by atoms with Gasteiger partial charge in [-0.15, -0.1) is 0 Å². The van der Waals surface area contributed by atoms with E-state index < -0.39 is 0 Å². The molecule has 5 nitrogen and oxygen atoms in total.